The van der Waals surface area contributed by atoms with Crippen molar-refractivity contribution in [1.82, 2.24) is 9.97 Å². The molecule has 0 saturated heterocycles. The van der Waals surface area contributed by atoms with Crippen LogP contribution in [0.3, 0.4) is 0 Å². The van der Waals surface area contributed by atoms with Crippen molar-refractivity contribution in [3.63, 3.8) is 0 Å². The number of nitrogens with zero attached hydrogens (tertiary/aromatic N) is 2. The van der Waals surface area contributed by atoms with Crippen molar-refractivity contribution in [1.29, 1.82) is 0 Å². The molecule has 4 nitrogen and oxygen atoms in total. The molecule has 70 valence electrons. The second kappa shape index (κ2) is 3.55. The largest absolute Gasteiger partial charge is 0.482 e. The molecule has 0 amide bonds. The molecule has 0 bridgehead atoms. The zero-order chi connectivity index (χ0) is 9.26. The minimum Gasteiger partial charge on any atom is -0.482 e. The summed E-state index contributed by atoms with van der Waals surface area (Å²) in [6, 6.07) is 0. The third-order valence-corrected chi connectivity index (χ3v) is 2.02. The van der Waals surface area contributed by atoms with Gasteiger partial charge in [0, 0.05) is 0 Å². The van der Waals surface area contributed by atoms with Gasteiger partial charge in [-0.15, -0.1) is 11.6 Å². The molecule has 0 aromatic carbocycles. The second-order valence-electron chi connectivity index (χ2n) is 2.40. The Hall–Kier alpha value is -0.740. The zero-order valence-corrected chi connectivity index (χ0v) is 8.10. The Morgan fingerprint density at radius 2 is 2.00 bits per heavy atom. The van der Waals surface area contributed by atoms with Crippen LogP contribution in [0.5, 0.6) is 11.6 Å². The summed E-state index contributed by atoms with van der Waals surface area (Å²) in [7, 11) is 0. The van der Waals surface area contributed by atoms with Crippen LogP contribution >= 0.6 is 23.2 Å². The fourth-order valence-electron chi connectivity index (χ4n) is 1.01. The van der Waals surface area contributed by atoms with Crippen LogP contribution in [0, 0.1) is 0 Å². The van der Waals surface area contributed by atoms with Crippen molar-refractivity contribution in [3.05, 3.63) is 11.0 Å². The Bertz CT molecular complexity index is 333. The predicted molar refractivity (Wildman–Crippen MR) is 47.6 cm³/mol. The Balaban J connectivity index is 2.47. The summed E-state index contributed by atoms with van der Waals surface area (Å²) in [6.07, 6.45) is 0. The molecule has 2 heterocycles. The minimum absolute atomic E-state index is 0.205. The lowest BCUT2D eigenvalue weighted by atomic mass is 10.5. The van der Waals surface area contributed by atoms with Gasteiger partial charge in [0.05, 0.1) is 5.88 Å². The molecule has 0 fully saturated rings. The highest BCUT2D eigenvalue weighted by molar-refractivity contribution is 6.31. The number of halogens is 2. The van der Waals surface area contributed by atoms with Crippen molar-refractivity contribution in [2.75, 3.05) is 13.2 Å². The number of ether oxygens (including phenoxy) is 2. The van der Waals surface area contributed by atoms with Gasteiger partial charge in [-0.05, 0) is 0 Å². The van der Waals surface area contributed by atoms with Gasteiger partial charge in [-0.25, -0.2) is 4.98 Å². The van der Waals surface area contributed by atoms with Crippen LogP contribution in [0.15, 0.2) is 0 Å². The lowest BCUT2D eigenvalue weighted by Crippen LogP contribution is -2.17. The molecule has 0 aliphatic carbocycles. The van der Waals surface area contributed by atoms with E-state index < -0.39 is 0 Å². The van der Waals surface area contributed by atoms with E-state index in [2.05, 4.69) is 9.97 Å². The first-order valence-corrected chi connectivity index (χ1v) is 4.60. The molecule has 0 spiro atoms. The van der Waals surface area contributed by atoms with Crippen molar-refractivity contribution >= 4 is 23.2 Å². The summed E-state index contributed by atoms with van der Waals surface area (Å²) in [4.78, 5) is 7.94. The third-order valence-electron chi connectivity index (χ3n) is 1.53. The van der Waals surface area contributed by atoms with Crippen molar-refractivity contribution in [2.45, 2.75) is 5.88 Å². The summed E-state index contributed by atoms with van der Waals surface area (Å²) in [5.41, 5.74) is 0. The van der Waals surface area contributed by atoms with Crippen LogP contribution in [-0.2, 0) is 5.88 Å². The van der Waals surface area contributed by atoms with Crippen LogP contribution < -0.4 is 9.47 Å². The number of aromatic nitrogens is 2. The summed E-state index contributed by atoms with van der Waals surface area (Å²) >= 11 is 11.4. The Labute approximate surface area is 84.8 Å². The molecule has 0 N–H and O–H groups in total. The highest BCUT2D eigenvalue weighted by Crippen LogP contribution is 2.33. The van der Waals surface area contributed by atoms with Crippen molar-refractivity contribution in [2.24, 2.45) is 0 Å². The molecule has 0 saturated carbocycles. The van der Waals surface area contributed by atoms with Crippen molar-refractivity contribution in [3.8, 4) is 11.6 Å². The van der Waals surface area contributed by atoms with E-state index in [9.17, 15) is 0 Å². The fourth-order valence-corrected chi connectivity index (χ4v) is 1.36. The Morgan fingerprint density at radius 1 is 1.23 bits per heavy atom. The molecule has 13 heavy (non-hydrogen) atoms. The van der Waals surface area contributed by atoms with Gasteiger partial charge in [0.1, 0.15) is 19.0 Å². The number of hydrogen-bond acceptors (Lipinski definition) is 4. The molecular formula is C7H6Cl2N2O2. The predicted octanol–water partition coefficient (Wildman–Crippen LogP) is 1.64. The van der Waals surface area contributed by atoms with Gasteiger partial charge in [-0.2, -0.15) is 4.98 Å². The molecule has 0 unspecified atom stereocenters. The van der Waals surface area contributed by atoms with Gasteiger partial charge in [0.25, 0.3) is 5.88 Å². The molecule has 6 heteroatoms. The molecule has 0 radical (unpaired) electrons. The van der Waals surface area contributed by atoms with E-state index in [0.717, 1.165) is 0 Å². The van der Waals surface area contributed by atoms with Gasteiger partial charge in [0.15, 0.2) is 5.15 Å². The lowest BCUT2D eigenvalue weighted by molar-refractivity contribution is 0.163. The summed E-state index contributed by atoms with van der Waals surface area (Å²) < 4.78 is 10.5. The van der Waals surface area contributed by atoms with Crippen LogP contribution in [0.4, 0.5) is 0 Å². The van der Waals surface area contributed by atoms with E-state index in [-0.39, 0.29) is 11.0 Å². The quantitative estimate of drug-likeness (QED) is 0.534. The maximum absolute atomic E-state index is 5.81. The smallest absolute Gasteiger partial charge is 0.262 e. The first-order chi connectivity index (χ1) is 6.31. The van der Waals surface area contributed by atoms with E-state index in [1.165, 1.54) is 0 Å². The summed E-state index contributed by atoms with van der Waals surface area (Å²) in [6.45, 7) is 0.943. The molecule has 0 atom stereocenters. The number of rotatable bonds is 1. The zero-order valence-electron chi connectivity index (χ0n) is 6.59. The fraction of sp³-hybridized carbons (Fsp3) is 0.429. The van der Waals surface area contributed by atoms with Gasteiger partial charge < -0.3 is 9.47 Å². The maximum Gasteiger partial charge on any atom is 0.262 e. The molecule has 1 aromatic rings. The second-order valence-corrected chi connectivity index (χ2v) is 3.02. The maximum atomic E-state index is 5.81. The van der Waals surface area contributed by atoms with Gasteiger partial charge in [-0.3, -0.25) is 0 Å². The average Bonchev–Trinajstić information content (AvgIpc) is 2.18. The van der Waals surface area contributed by atoms with Gasteiger partial charge in [0.2, 0.25) is 5.75 Å². The first kappa shape index (κ1) is 8.84. The Kier molecular flexibility index (Phi) is 2.42. The van der Waals surface area contributed by atoms with E-state index in [0.29, 0.717) is 30.7 Å². The standard InChI is InChI=1S/C7H6Cl2N2O2/c8-3-4-10-6(9)5-7(11-4)13-2-1-12-5/h1-3H2. The molecule has 1 aromatic heterocycles. The van der Waals surface area contributed by atoms with E-state index in [1.807, 2.05) is 0 Å². The van der Waals surface area contributed by atoms with Crippen molar-refractivity contribution < 1.29 is 9.47 Å². The van der Waals surface area contributed by atoms with E-state index in [4.69, 9.17) is 32.7 Å². The molecule has 1 aliphatic rings. The molecule has 2 rings (SSSR count). The highest BCUT2D eigenvalue weighted by atomic mass is 35.5. The summed E-state index contributed by atoms with van der Waals surface area (Å²) in [5.74, 6) is 1.43. The monoisotopic (exact) mass is 220 g/mol. The first-order valence-electron chi connectivity index (χ1n) is 3.69. The number of fused-ring (bicyclic) bond motifs is 1. The van der Waals surface area contributed by atoms with E-state index in [1.54, 1.807) is 0 Å². The topological polar surface area (TPSA) is 44.2 Å². The number of alkyl halides is 1. The van der Waals surface area contributed by atoms with Crippen LogP contribution in [-0.4, -0.2) is 23.2 Å². The van der Waals surface area contributed by atoms with Gasteiger partial charge >= 0.3 is 0 Å². The lowest BCUT2D eigenvalue weighted by Gasteiger charge is -2.17. The molecule has 1 aliphatic heterocycles. The third kappa shape index (κ3) is 1.64. The average molecular weight is 221 g/mol. The normalized spacial score (nSPS) is 14.3. The van der Waals surface area contributed by atoms with Crippen LogP contribution in [0.25, 0.3) is 0 Å². The van der Waals surface area contributed by atoms with Crippen LogP contribution in [0.2, 0.25) is 5.15 Å². The van der Waals surface area contributed by atoms with Gasteiger partial charge in [-0.1, -0.05) is 11.6 Å². The molecular weight excluding hydrogens is 215 g/mol. The van der Waals surface area contributed by atoms with Crippen LogP contribution in [0.1, 0.15) is 5.82 Å². The Morgan fingerprint density at radius 3 is 2.77 bits per heavy atom. The SMILES string of the molecule is ClCc1nc(Cl)c2c(n1)OCCO2. The summed E-state index contributed by atoms with van der Waals surface area (Å²) in [5, 5.41) is 0.250. The number of hydrogen-bond donors (Lipinski definition) is 0. The van der Waals surface area contributed by atoms with E-state index >= 15 is 0 Å². The highest BCUT2D eigenvalue weighted by Gasteiger charge is 2.19. The minimum atomic E-state index is 0.205.